The fourth-order valence-corrected chi connectivity index (χ4v) is 2.87. The Hall–Kier alpha value is -2.94. The van der Waals surface area contributed by atoms with Crippen LogP contribution in [-0.2, 0) is 11.3 Å². The molecule has 3 nitrogen and oxygen atoms in total. The summed E-state index contributed by atoms with van der Waals surface area (Å²) in [7, 11) is 0. The minimum absolute atomic E-state index is 0.258. The molecule has 2 heterocycles. The molecular formula is C19H13NO2. The molecule has 0 unspecified atom stereocenters. The van der Waals surface area contributed by atoms with E-state index >= 15 is 0 Å². The average Bonchev–Trinajstić information content (AvgIpc) is 2.97. The Bertz CT molecular complexity index is 842. The van der Waals surface area contributed by atoms with Gasteiger partial charge in [-0.25, -0.2) is 4.79 Å². The lowest BCUT2D eigenvalue weighted by Gasteiger charge is -2.13. The summed E-state index contributed by atoms with van der Waals surface area (Å²) in [5, 5.41) is 0. The van der Waals surface area contributed by atoms with E-state index in [0.717, 1.165) is 27.9 Å². The van der Waals surface area contributed by atoms with Crippen LogP contribution in [0.15, 0.2) is 66.9 Å². The molecule has 0 radical (unpaired) electrons. The maximum absolute atomic E-state index is 11.9. The van der Waals surface area contributed by atoms with Crippen LogP contribution in [0.25, 0.3) is 22.4 Å². The molecule has 1 aromatic heterocycles. The monoisotopic (exact) mass is 287 g/mol. The van der Waals surface area contributed by atoms with Gasteiger partial charge in [0.05, 0.1) is 11.3 Å². The fraction of sp³-hybridized carbons (Fsp3) is 0.0526. The molecule has 0 bridgehead atoms. The van der Waals surface area contributed by atoms with Gasteiger partial charge >= 0.3 is 5.97 Å². The second kappa shape index (κ2) is 5.11. The van der Waals surface area contributed by atoms with Gasteiger partial charge in [-0.3, -0.25) is 4.98 Å². The van der Waals surface area contributed by atoms with Crippen LogP contribution in [0, 0.1) is 0 Å². The molecule has 0 spiro atoms. The number of fused-ring (bicyclic) bond motifs is 1. The van der Waals surface area contributed by atoms with Gasteiger partial charge in [-0.15, -0.1) is 0 Å². The van der Waals surface area contributed by atoms with E-state index in [2.05, 4.69) is 17.1 Å². The molecule has 106 valence electrons. The zero-order valence-corrected chi connectivity index (χ0v) is 11.8. The molecule has 1 aliphatic heterocycles. The predicted octanol–water partition coefficient (Wildman–Crippen LogP) is 4.09. The first-order chi connectivity index (χ1) is 10.8. The SMILES string of the molecule is O=C1OCc2c1ccc(-c1ccccc1)c2-c1ccccn1. The van der Waals surface area contributed by atoms with Crippen molar-refractivity contribution >= 4 is 5.97 Å². The van der Waals surface area contributed by atoms with E-state index in [-0.39, 0.29) is 5.97 Å². The Morgan fingerprint density at radius 1 is 0.864 bits per heavy atom. The minimum Gasteiger partial charge on any atom is -0.457 e. The zero-order valence-electron chi connectivity index (χ0n) is 11.8. The van der Waals surface area contributed by atoms with Crippen molar-refractivity contribution in [2.75, 3.05) is 0 Å². The molecule has 3 heteroatoms. The molecule has 1 aliphatic rings. The van der Waals surface area contributed by atoms with Crippen LogP contribution in [-0.4, -0.2) is 11.0 Å². The van der Waals surface area contributed by atoms with E-state index in [0.29, 0.717) is 12.2 Å². The molecule has 0 fully saturated rings. The quantitative estimate of drug-likeness (QED) is 0.666. The molecule has 0 amide bonds. The Morgan fingerprint density at radius 3 is 2.41 bits per heavy atom. The molecule has 0 N–H and O–H groups in total. The van der Waals surface area contributed by atoms with Crippen LogP contribution in [0.5, 0.6) is 0 Å². The Morgan fingerprint density at radius 2 is 1.64 bits per heavy atom. The van der Waals surface area contributed by atoms with Crippen molar-refractivity contribution in [2.24, 2.45) is 0 Å². The number of benzene rings is 2. The normalized spacial score (nSPS) is 12.8. The van der Waals surface area contributed by atoms with E-state index in [1.165, 1.54) is 0 Å². The number of rotatable bonds is 2. The Balaban J connectivity index is 2.03. The molecule has 0 saturated carbocycles. The van der Waals surface area contributed by atoms with Crippen molar-refractivity contribution < 1.29 is 9.53 Å². The van der Waals surface area contributed by atoms with Gasteiger partial charge in [0.25, 0.3) is 0 Å². The van der Waals surface area contributed by atoms with Gasteiger partial charge in [0, 0.05) is 17.3 Å². The van der Waals surface area contributed by atoms with Crippen LogP contribution in [0.2, 0.25) is 0 Å². The second-order valence-corrected chi connectivity index (χ2v) is 5.17. The third kappa shape index (κ3) is 1.99. The number of carbonyl (C=O) groups excluding carboxylic acids is 1. The van der Waals surface area contributed by atoms with Gasteiger partial charge in [-0.2, -0.15) is 0 Å². The number of cyclic esters (lactones) is 1. The second-order valence-electron chi connectivity index (χ2n) is 5.17. The first-order valence-corrected chi connectivity index (χ1v) is 7.14. The lowest BCUT2D eigenvalue weighted by molar-refractivity contribution is 0.0535. The van der Waals surface area contributed by atoms with E-state index in [4.69, 9.17) is 4.74 Å². The van der Waals surface area contributed by atoms with Crippen LogP contribution < -0.4 is 0 Å². The third-order valence-corrected chi connectivity index (χ3v) is 3.89. The van der Waals surface area contributed by atoms with Gasteiger partial charge in [0.2, 0.25) is 0 Å². The fourth-order valence-electron chi connectivity index (χ4n) is 2.87. The van der Waals surface area contributed by atoms with Crippen LogP contribution >= 0.6 is 0 Å². The lowest BCUT2D eigenvalue weighted by atomic mass is 9.91. The van der Waals surface area contributed by atoms with E-state index < -0.39 is 0 Å². The summed E-state index contributed by atoms with van der Waals surface area (Å²) < 4.78 is 5.21. The summed E-state index contributed by atoms with van der Waals surface area (Å²) in [6.45, 7) is 0.306. The van der Waals surface area contributed by atoms with Crippen molar-refractivity contribution in [1.29, 1.82) is 0 Å². The van der Waals surface area contributed by atoms with Crippen LogP contribution in [0.3, 0.4) is 0 Å². The third-order valence-electron chi connectivity index (χ3n) is 3.89. The number of hydrogen-bond acceptors (Lipinski definition) is 3. The standard InChI is InChI=1S/C19H13NO2/c21-19-15-10-9-14(13-6-2-1-3-7-13)18(16(15)12-22-19)17-8-4-5-11-20-17/h1-11H,12H2. The molecule has 0 atom stereocenters. The first-order valence-electron chi connectivity index (χ1n) is 7.14. The lowest BCUT2D eigenvalue weighted by Crippen LogP contribution is -1.97. The number of ether oxygens (including phenoxy) is 1. The highest BCUT2D eigenvalue weighted by atomic mass is 16.5. The molecule has 0 aliphatic carbocycles. The Kier molecular flexibility index (Phi) is 2.97. The van der Waals surface area contributed by atoms with Crippen molar-refractivity contribution in [3.05, 3.63) is 78.0 Å². The van der Waals surface area contributed by atoms with Crippen LogP contribution in [0.4, 0.5) is 0 Å². The predicted molar refractivity (Wildman–Crippen MR) is 84.2 cm³/mol. The molecule has 2 aromatic carbocycles. The molecule has 4 rings (SSSR count). The van der Waals surface area contributed by atoms with Crippen molar-refractivity contribution in [3.8, 4) is 22.4 Å². The first kappa shape index (κ1) is 12.8. The summed E-state index contributed by atoms with van der Waals surface area (Å²) >= 11 is 0. The smallest absolute Gasteiger partial charge is 0.338 e. The highest BCUT2D eigenvalue weighted by Crippen LogP contribution is 2.38. The van der Waals surface area contributed by atoms with Gasteiger partial charge in [-0.05, 0) is 29.3 Å². The molecule has 3 aromatic rings. The summed E-state index contributed by atoms with van der Waals surface area (Å²) in [4.78, 5) is 16.3. The number of esters is 1. The maximum Gasteiger partial charge on any atom is 0.338 e. The number of pyridine rings is 1. The average molecular weight is 287 g/mol. The summed E-state index contributed by atoms with van der Waals surface area (Å²) in [5.41, 5.74) is 5.57. The summed E-state index contributed by atoms with van der Waals surface area (Å²) in [5.74, 6) is -0.258. The number of aromatic nitrogens is 1. The van der Waals surface area contributed by atoms with Crippen LogP contribution in [0.1, 0.15) is 15.9 Å². The molecule has 0 saturated heterocycles. The number of carbonyl (C=O) groups is 1. The minimum atomic E-state index is -0.258. The van der Waals surface area contributed by atoms with Crippen molar-refractivity contribution in [2.45, 2.75) is 6.61 Å². The van der Waals surface area contributed by atoms with Gasteiger partial charge in [-0.1, -0.05) is 42.5 Å². The largest absolute Gasteiger partial charge is 0.457 e. The molecular weight excluding hydrogens is 274 g/mol. The van der Waals surface area contributed by atoms with Gasteiger partial charge in [0.1, 0.15) is 6.61 Å². The number of nitrogens with zero attached hydrogens (tertiary/aromatic N) is 1. The number of hydrogen-bond donors (Lipinski definition) is 0. The topological polar surface area (TPSA) is 39.2 Å². The zero-order chi connectivity index (χ0) is 14.9. The van der Waals surface area contributed by atoms with Crippen molar-refractivity contribution in [3.63, 3.8) is 0 Å². The van der Waals surface area contributed by atoms with Gasteiger partial charge in [0.15, 0.2) is 0 Å². The van der Waals surface area contributed by atoms with E-state index in [1.54, 1.807) is 6.20 Å². The highest BCUT2D eigenvalue weighted by molar-refractivity contribution is 5.99. The summed E-state index contributed by atoms with van der Waals surface area (Å²) in [6.07, 6.45) is 1.77. The van der Waals surface area contributed by atoms with E-state index in [9.17, 15) is 4.79 Å². The van der Waals surface area contributed by atoms with Crippen molar-refractivity contribution in [1.82, 2.24) is 4.98 Å². The van der Waals surface area contributed by atoms with E-state index in [1.807, 2.05) is 48.5 Å². The maximum atomic E-state index is 11.9. The van der Waals surface area contributed by atoms with Gasteiger partial charge < -0.3 is 4.74 Å². The molecule has 22 heavy (non-hydrogen) atoms. The Labute approximate surface area is 128 Å². The highest BCUT2D eigenvalue weighted by Gasteiger charge is 2.27. The summed E-state index contributed by atoms with van der Waals surface area (Å²) in [6, 6.07) is 19.8.